The lowest BCUT2D eigenvalue weighted by Crippen LogP contribution is -2.53. The fraction of sp³-hybridized carbons (Fsp3) is 0.385. The molecule has 3 aromatic rings. The van der Waals surface area contributed by atoms with E-state index < -0.39 is 11.5 Å². The summed E-state index contributed by atoms with van der Waals surface area (Å²) in [7, 11) is 1.95. The van der Waals surface area contributed by atoms with Gasteiger partial charge >= 0.3 is 5.97 Å². The van der Waals surface area contributed by atoms with Crippen molar-refractivity contribution in [3.8, 4) is 0 Å². The average molecular weight is 528 g/mol. The Morgan fingerprint density at radius 3 is 2.46 bits per heavy atom. The molecule has 2 heterocycles. The normalized spacial score (nSPS) is 14.7. The van der Waals surface area contributed by atoms with E-state index in [-0.39, 0.29) is 37.1 Å². The molecule has 10 nitrogen and oxygen atoms in total. The minimum Gasteiger partial charge on any atom is -0.481 e. The Morgan fingerprint density at radius 2 is 1.84 bits per heavy atom. The number of amides is 1. The van der Waals surface area contributed by atoms with Gasteiger partial charge in [-0.1, -0.05) is 6.07 Å². The first kappa shape index (κ1) is 27.9. The van der Waals surface area contributed by atoms with E-state index in [0.717, 1.165) is 41.0 Å². The summed E-state index contributed by atoms with van der Waals surface area (Å²) < 4.78 is 2.01. The highest BCUT2D eigenvalue weighted by molar-refractivity contribution is 5.95. The van der Waals surface area contributed by atoms with Gasteiger partial charge in [-0.2, -0.15) is 0 Å². The van der Waals surface area contributed by atoms with E-state index in [1.54, 1.807) is 12.1 Å². The van der Waals surface area contributed by atoms with Gasteiger partial charge in [0.15, 0.2) is 0 Å². The first-order chi connectivity index (χ1) is 17.2. The number of fused-ring (bicyclic) bond motifs is 1. The maximum Gasteiger partial charge on any atom is 0.304 e. The molecule has 37 heavy (non-hydrogen) atoms. The third-order valence-electron chi connectivity index (χ3n) is 6.84. The lowest BCUT2D eigenvalue weighted by Gasteiger charge is -2.34. The molecule has 0 spiro atoms. The number of nitrogens with zero attached hydrogens (tertiary/aromatic N) is 3. The first-order valence-corrected chi connectivity index (χ1v) is 12.1. The lowest BCUT2D eigenvalue weighted by molar-refractivity contribution is -0.139. The van der Waals surface area contributed by atoms with E-state index in [2.05, 4.69) is 10.6 Å². The molecule has 1 atom stereocenters. The van der Waals surface area contributed by atoms with Crippen LogP contribution in [-0.4, -0.2) is 56.9 Å². The molecule has 1 fully saturated rings. The number of anilines is 1. The topological polar surface area (TPSA) is 149 Å². The van der Waals surface area contributed by atoms with Crippen LogP contribution >= 0.6 is 12.4 Å². The van der Waals surface area contributed by atoms with E-state index in [4.69, 9.17) is 21.2 Å². The summed E-state index contributed by atoms with van der Waals surface area (Å²) in [5.41, 5.74) is 8.48. The number of aromatic nitrogens is 2. The van der Waals surface area contributed by atoms with Gasteiger partial charge in [-0.05, 0) is 61.7 Å². The Hall–Kier alpha value is -3.63. The number of likely N-dealkylation sites (tertiary alicyclic amines) is 1. The zero-order chi connectivity index (χ0) is 25.9. The van der Waals surface area contributed by atoms with Crippen LogP contribution < -0.4 is 16.4 Å². The second-order valence-corrected chi connectivity index (χ2v) is 9.33. The van der Waals surface area contributed by atoms with E-state index in [0.29, 0.717) is 25.2 Å². The standard InChI is InChI=1S/C26H33N7O3.ClH/c1-26(30-12-11-23(34)35,25(36)33-13-3-4-14-33)18-7-10-21-20(15-18)31-22(32(21)2)16-29-19-8-5-17(6-9-19)24(27)28;/h5-10,15,29-30H,3-4,11-14,16H2,1-2H3,(H3,27,28)(H,34,35);1H. The Labute approximate surface area is 222 Å². The summed E-state index contributed by atoms with van der Waals surface area (Å²) >= 11 is 0. The predicted molar refractivity (Wildman–Crippen MR) is 146 cm³/mol. The molecule has 198 valence electrons. The second kappa shape index (κ2) is 11.6. The number of halogens is 1. The Kier molecular flexibility index (Phi) is 8.77. The number of hydrogen-bond acceptors (Lipinski definition) is 6. The molecule has 1 aliphatic heterocycles. The monoisotopic (exact) mass is 527 g/mol. The third kappa shape index (κ3) is 6.03. The number of carboxylic acid groups (broad SMARTS) is 1. The molecule has 1 amide bonds. The summed E-state index contributed by atoms with van der Waals surface area (Å²) in [6, 6.07) is 13.1. The summed E-state index contributed by atoms with van der Waals surface area (Å²) in [6.07, 6.45) is 1.88. The first-order valence-electron chi connectivity index (χ1n) is 12.1. The molecule has 0 bridgehead atoms. The van der Waals surface area contributed by atoms with E-state index in [1.807, 2.05) is 53.8 Å². The maximum atomic E-state index is 13.5. The number of nitrogen functional groups attached to an aromatic ring is 1. The summed E-state index contributed by atoms with van der Waals surface area (Å²) in [6.45, 7) is 3.92. The van der Waals surface area contributed by atoms with Crippen LogP contribution in [0.25, 0.3) is 11.0 Å². The fourth-order valence-electron chi connectivity index (χ4n) is 4.62. The van der Waals surface area contributed by atoms with Gasteiger partial charge in [0.1, 0.15) is 17.2 Å². The van der Waals surface area contributed by atoms with Crippen LogP contribution in [0.3, 0.4) is 0 Å². The summed E-state index contributed by atoms with van der Waals surface area (Å²) in [5, 5.41) is 23.2. The van der Waals surface area contributed by atoms with Crippen LogP contribution in [0.1, 0.15) is 43.1 Å². The molecule has 0 radical (unpaired) electrons. The molecule has 1 aliphatic rings. The molecule has 4 rings (SSSR count). The second-order valence-electron chi connectivity index (χ2n) is 9.33. The number of rotatable bonds is 10. The number of hydrogen-bond donors (Lipinski definition) is 5. The number of benzene rings is 2. The number of carboxylic acids is 1. The van der Waals surface area contributed by atoms with Crippen molar-refractivity contribution in [1.82, 2.24) is 19.8 Å². The minimum absolute atomic E-state index is 0. The van der Waals surface area contributed by atoms with Crippen LogP contribution in [0.4, 0.5) is 5.69 Å². The van der Waals surface area contributed by atoms with Crippen molar-refractivity contribution in [1.29, 1.82) is 5.41 Å². The molecule has 1 saturated heterocycles. The number of aryl methyl sites for hydroxylation is 1. The minimum atomic E-state index is -1.05. The SMILES string of the molecule is Cl.Cn1c(CNc2ccc(C(=N)N)cc2)nc2cc(C(C)(NCCC(=O)O)C(=O)N3CCCC3)ccc21. The number of nitrogens with two attached hydrogens (primary N) is 1. The molecule has 2 aromatic carbocycles. The highest BCUT2D eigenvalue weighted by atomic mass is 35.5. The molecule has 11 heteroatoms. The van der Waals surface area contributed by atoms with Gasteiger partial charge in [0, 0.05) is 37.9 Å². The van der Waals surface area contributed by atoms with Crippen LogP contribution in [0, 0.1) is 5.41 Å². The molecular weight excluding hydrogens is 494 g/mol. The van der Waals surface area contributed by atoms with Crippen molar-refractivity contribution in [2.45, 2.75) is 38.3 Å². The third-order valence-corrected chi connectivity index (χ3v) is 6.84. The largest absolute Gasteiger partial charge is 0.481 e. The van der Waals surface area contributed by atoms with E-state index in [1.165, 1.54) is 0 Å². The highest BCUT2D eigenvalue weighted by Gasteiger charge is 2.39. The lowest BCUT2D eigenvalue weighted by atomic mass is 9.89. The van der Waals surface area contributed by atoms with Gasteiger partial charge in [0.25, 0.3) is 0 Å². The van der Waals surface area contributed by atoms with Crippen LogP contribution in [0.5, 0.6) is 0 Å². The number of imidazole rings is 1. The van der Waals surface area contributed by atoms with Crippen molar-refractivity contribution < 1.29 is 14.7 Å². The van der Waals surface area contributed by atoms with Crippen molar-refractivity contribution in [2.24, 2.45) is 12.8 Å². The Morgan fingerprint density at radius 1 is 1.16 bits per heavy atom. The van der Waals surface area contributed by atoms with E-state index in [9.17, 15) is 9.59 Å². The van der Waals surface area contributed by atoms with Crippen molar-refractivity contribution in [2.75, 3.05) is 25.0 Å². The van der Waals surface area contributed by atoms with Crippen molar-refractivity contribution >= 4 is 46.8 Å². The fourth-order valence-corrected chi connectivity index (χ4v) is 4.62. The van der Waals surface area contributed by atoms with Gasteiger partial charge < -0.3 is 25.6 Å². The van der Waals surface area contributed by atoms with Gasteiger partial charge in [0.2, 0.25) is 5.91 Å². The molecule has 0 aliphatic carbocycles. The molecule has 1 unspecified atom stereocenters. The molecule has 1 aromatic heterocycles. The maximum absolute atomic E-state index is 13.5. The molecule has 0 saturated carbocycles. The van der Waals surface area contributed by atoms with Gasteiger partial charge in [-0.25, -0.2) is 4.98 Å². The average Bonchev–Trinajstić information content (AvgIpc) is 3.50. The van der Waals surface area contributed by atoms with Gasteiger partial charge in [-0.15, -0.1) is 12.4 Å². The zero-order valence-corrected chi connectivity index (χ0v) is 21.9. The zero-order valence-electron chi connectivity index (χ0n) is 21.1. The van der Waals surface area contributed by atoms with Crippen molar-refractivity contribution in [3.63, 3.8) is 0 Å². The summed E-state index contributed by atoms with van der Waals surface area (Å²) in [5.74, 6) is -0.104. The highest BCUT2D eigenvalue weighted by Crippen LogP contribution is 2.29. The quantitative estimate of drug-likeness (QED) is 0.201. The van der Waals surface area contributed by atoms with Crippen LogP contribution in [0.15, 0.2) is 42.5 Å². The number of nitrogens with one attached hydrogen (secondary N) is 3. The van der Waals surface area contributed by atoms with Crippen LogP contribution in [0.2, 0.25) is 0 Å². The number of carbonyl (C=O) groups is 2. The predicted octanol–water partition coefficient (Wildman–Crippen LogP) is 2.79. The number of amidine groups is 1. The van der Waals surface area contributed by atoms with Crippen LogP contribution in [-0.2, 0) is 28.7 Å². The smallest absolute Gasteiger partial charge is 0.304 e. The summed E-state index contributed by atoms with van der Waals surface area (Å²) in [4.78, 5) is 31.3. The molecule has 6 N–H and O–H groups in total. The Bertz CT molecular complexity index is 1290. The number of carbonyl (C=O) groups excluding carboxylic acids is 1. The Balaban J connectivity index is 0.00000380. The number of aliphatic carboxylic acids is 1. The van der Waals surface area contributed by atoms with Gasteiger partial charge in [0.05, 0.1) is 24.0 Å². The van der Waals surface area contributed by atoms with Gasteiger partial charge in [-0.3, -0.25) is 20.3 Å². The van der Waals surface area contributed by atoms with E-state index >= 15 is 0 Å². The molecular formula is C26H34ClN7O3. The van der Waals surface area contributed by atoms with Crippen molar-refractivity contribution in [3.05, 3.63) is 59.4 Å².